The smallest absolute Gasteiger partial charge is 0.303 e. The quantitative estimate of drug-likeness (QED) is 0.631. The van der Waals surface area contributed by atoms with Gasteiger partial charge in [0.05, 0.1) is 0 Å². The third-order valence-electron chi connectivity index (χ3n) is 2.18. The van der Waals surface area contributed by atoms with Crippen LogP contribution in [-0.4, -0.2) is 33.1 Å². The molecule has 0 saturated carbocycles. The van der Waals surface area contributed by atoms with Crippen LogP contribution in [0.15, 0.2) is 18.3 Å². The lowest BCUT2D eigenvalue weighted by Crippen LogP contribution is -2.42. The van der Waals surface area contributed by atoms with Crippen LogP contribution in [0.25, 0.3) is 0 Å². The summed E-state index contributed by atoms with van der Waals surface area (Å²) in [7, 11) is 0. The first-order valence-corrected chi connectivity index (χ1v) is 5.57. The van der Waals surface area contributed by atoms with Gasteiger partial charge in [0.1, 0.15) is 0 Å². The Bertz CT molecular complexity index is 463. The highest BCUT2D eigenvalue weighted by Gasteiger charge is 2.13. The van der Waals surface area contributed by atoms with Crippen LogP contribution in [0, 0.1) is 5.92 Å². The number of nitrogens with one attached hydrogen (secondary N) is 2. The molecule has 0 spiro atoms. The Hall–Kier alpha value is -2.51. The third-order valence-corrected chi connectivity index (χ3v) is 2.18. The van der Waals surface area contributed by atoms with Crippen molar-refractivity contribution in [3.8, 4) is 0 Å². The number of aromatic nitrogens is 2. The van der Waals surface area contributed by atoms with Gasteiger partial charge >= 0.3 is 5.97 Å². The number of hydrogen-bond acceptors (Lipinski definition) is 5. The maximum atomic E-state index is 11.5. The molecular formula is C11H14N4O4. The van der Waals surface area contributed by atoms with E-state index in [-0.39, 0.29) is 24.5 Å². The van der Waals surface area contributed by atoms with Gasteiger partial charge in [-0.15, -0.1) is 5.10 Å². The van der Waals surface area contributed by atoms with E-state index in [1.54, 1.807) is 13.0 Å². The summed E-state index contributed by atoms with van der Waals surface area (Å²) in [5.74, 6) is -2.34. The summed E-state index contributed by atoms with van der Waals surface area (Å²) >= 11 is 0. The molecule has 0 fully saturated rings. The average molecular weight is 266 g/mol. The molecule has 1 aromatic heterocycles. The van der Waals surface area contributed by atoms with Crippen molar-refractivity contribution >= 4 is 17.8 Å². The number of hydrazine groups is 1. The monoisotopic (exact) mass is 266 g/mol. The van der Waals surface area contributed by atoms with Crippen molar-refractivity contribution < 1.29 is 19.5 Å². The summed E-state index contributed by atoms with van der Waals surface area (Å²) < 4.78 is 0. The maximum absolute atomic E-state index is 11.5. The Morgan fingerprint density at radius 2 is 2.05 bits per heavy atom. The molecule has 3 N–H and O–H groups in total. The van der Waals surface area contributed by atoms with E-state index in [9.17, 15) is 14.4 Å². The summed E-state index contributed by atoms with van der Waals surface area (Å²) in [4.78, 5) is 33.3. The molecule has 1 atom stereocenters. The van der Waals surface area contributed by atoms with Gasteiger partial charge in [-0.25, -0.2) is 0 Å². The summed E-state index contributed by atoms with van der Waals surface area (Å²) in [6, 6.07) is 2.99. The van der Waals surface area contributed by atoms with Gasteiger partial charge in [0.2, 0.25) is 5.91 Å². The van der Waals surface area contributed by atoms with Gasteiger partial charge in [-0.3, -0.25) is 25.2 Å². The largest absolute Gasteiger partial charge is 0.481 e. The van der Waals surface area contributed by atoms with Crippen molar-refractivity contribution in [2.75, 3.05) is 0 Å². The van der Waals surface area contributed by atoms with Crippen molar-refractivity contribution in [2.45, 2.75) is 19.8 Å². The van der Waals surface area contributed by atoms with Crippen LogP contribution in [-0.2, 0) is 9.59 Å². The summed E-state index contributed by atoms with van der Waals surface area (Å²) in [6.07, 6.45) is 1.32. The molecule has 0 aliphatic carbocycles. The minimum absolute atomic E-state index is 0.00699. The number of amides is 2. The fourth-order valence-electron chi connectivity index (χ4n) is 1.35. The van der Waals surface area contributed by atoms with Crippen molar-refractivity contribution in [3.63, 3.8) is 0 Å². The van der Waals surface area contributed by atoms with Crippen molar-refractivity contribution in [1.82, 2.24) is 21.0 Å². The van der Waals surface area contributed by atoms with Crippen molar-refractivity contribution in [1.29, 1.82) is 0 Å². The molecule has 0 aliphatic heterocycles. The molecule has 1 rings (SSSR count). The topological polar surface area (TPSA) is 121 Å². The molecule has 102 valence electrons. The Kier molecular flexibility index (Phi) is 5.39. The SMILES string of the molecule is CC(CC(=O)O)CC(=O)NNC(=O)c1cccnn1. The van der Waals surface area contributed by atoms with Crippen LogP contribution in [0.4, 0.5) is 0 Å². The highest BCUT2D eigenvalue weighted by molar-refractivity contribution is 5.93. The van der Waals surface area contributed by atoms with E-state index in [0.717, 1.165) is 0 Å². The number of carboxylic acids is 1. The third kappa shape index (κ3) is 5.57. The van der Waals surface area contributed by atoms with E-state index in [2.05, 4.69) is 21.0 Å². The molecule has 2 amide bonds. The molecule has 0 aromatic carbocycles. The van der Waals surface area contributed by atoms with Crippen molar-refractivity contribution in [3.05, 3.63) is 24.0 Å². The zero-order valence-corrected chi connectivity index (χ0v) is 10.3. The first-order chi connectivity index (χ1) is 8.99. The Balaban J connectivity index is 2.34. The molecule has 0 radical (unpaired) electrons. The molecule has 0 aliphatic rings. The van der Waals surface area contributed by atoms with Gasteiger partial charge in [0.25, 0.3) is 5.91 Å². The van der Waals surface area contributed by atoms with Gasteiger partial charge in [-0.2, -0.15) is 5.10 Å². The number of nitrogens with zero attached hydrogens (tertiary/aromatic N) is 2. The molecule has 8 heteroatoms. The zero-order valence-electron chi connectivity index (χ0n) is 10.3. The second kappa shape index (κ2) is 7.04. The zero-order chi connectivity index (χ0) is 14.3. The first kappa shape index (κ1) is 14.6. The molecule has 1 heterocycles. The van der Waals surface area contributed by atoms with Crippen LogP contribution in [0.5, 0.6) is 0 Å². The number of rotatable bonds is 5. The van der Waals surface area contributed by atoms with E-state index in [1.807, 2.05) is 0 Å². The fourth-order valence-corrected chi connectivity index (χ4v) is 1.35. The second-order valence-corrected chi connectivity index (χ2v) is 4.02. The number of hydrogen-bond donors (Lipinski definition) is 3. The standard InChI is InChI=1S/C11H14N4O4/c1-7(6-10(17)18)5-9(16)14-15-11(19)8-3-2-4-12-13-8/h2-4,7H,5-6H2,1H3,(H,14,16)(H,15,19)(H,17,18). The van der Waals surface area contributed by atoms with Gasteiger partial charge in [-0.1, -0.05) is 6.92 Å². The summed E-state index contributed by atoms with van der Waals surface area (Å²) in [6.45, 7) is 1.64. The lowest BCUT2D eigenvalue weighted by molar-refractivity contribution is -0.138. The van der Waals surface area contributed by atoms with Crippen molar-refractivity contribution in [2.24, 2.45) is 5.92 Å². The van der Waals surface area contributed by atoms with E-state index >= 15 is 0 Å². The lowest BCUT2D eigenvalue weighted by Gasteiger charge is -2.09. The van der Waals surface area contributed by atoms with Gasteiger partial charge in [0.15, 0.2) is 5.69 Å². The highest BCUT2D eigenvalue weighted by atomic mass is 16.4. The number of carboxylic acid groups (broad SMARTS) is 1. The molecule has 1 unspecified atom stereocenters. The second-order valence-electron chi connectivity index (χ2n) is 4.02. The van der Waals surface area contributed by atoms with Gasteiger partial charge < -0.3 is 5.11 Å². The molecule has 19 heavy (non-hydrogen) atoms. The number of aliphatic carboxylic acids is 1. The molecule has 8 nitrogen and oxygen atoms in total. The maximum Gasteiger partial charge on any atom is 0.303 e. The van der Waals surface area contributed by atoms with Crippen LogP contribution >= 0.6 is 0 Å². The normalized spacial score (nSPS) is 11.4. The first-order valence-electron chi connectivity index (χ1n) is 5.57. The minimum atomic E-state index is -0.969. The molecular weight excluding hydrogens is 252 g/mol. The van der Waals surface area contributed by atoms with Crippen LogP contribution in [0.3, 0.4) is 0 Å². The Morgan fingerprint density at radius 1 is 1.32 bits per heavy atom. The molecule has 1 aromatic rings. The highest BCUT2D eigenvalue weighted by Crippen LogP contribution is 2.06. The fraction of sp³-hybridized carbons (Fsp3) is 0.364. The minimum Gasteiger partial charge on any atom is -0.481 e. The summed E-state index contributed by atoms with van der Waals surface area (Å²) in [5.41, 5.74) is 4.43. The van der Waals surface area contributed by atoms with Gasteiger partial charge in [-0.05, 0) is 18.1 Å². The Morgan fingerprint density at radius 3 is 2.63 bits per heavy atom. The lowest BCUT2D eigenvalue weighted by atomic mass is 10.0. The van der Waals surface area contributed by atoms with Crippen LogP contribution in [0.1, 0.15) is 30.3 Å². The van der Waals surface area contributed by atoms with Crippen LogP contribution < -0.4 is 10.9 Å². The summed E-state index contributed by atoms with van der Waals surface area (Å²) in [5, 5.41) is 15.6. The number of carbonyl (C=O) groups is 3. The average Bonchev–Trinajstić information content (AvgIpc) is 2.36. The number of carbonyl (C=O) groups excluding carboxylic acids is 2. The molecule has 0 bridgehead atoms. The predicted molar refractivity (Wildman–Crippen MR) is 63.7 cm³/mol. The van der Waals surface area contributed by atoms with Gasteiger partial charge in [0, 0.05) is 19.0 Å². The van der Waals surface area contributed by atoms with Crippen LogP contribution in [0.2, 0.25) is 0 Å². The molecule has 0 saturated heterocycles. The Labute approximate surface area is 109 Å². The van der Waals surface area contributed by atoms with E-state index in [0.29, 0.717) is 0 Å². The van der Waals surface area contributed by atoms with E-state index in [1.165, 1.54) is 12.3 Å². The van der Waals surface area contributed by atoms with E-state index < -0.39 is 17.8 Å². The predicted octanol–water partition coefficient (Wildman–Crippen LogP) is -0.262. The van der Waals surface area contributed by atoms with E-state index in [4.69, 9.17) is 5.11 Å².